The Labute approximate surface area is 132 Å². The lowest BCUT2D eigenvalue weighted by atomic mass is 9.77. The third kappa shape index (κ3) is 3.57. The number of nitrogens with one attached hydrogen (secondary N) is 2. The van der Waals surface area contributed by atoms with Crippen LogP contribution in [0.5, 0.6) is 0 Å². The molecule has 6 nitrogen and oxygen atoms in total. The Bertz CT molecular complexity index is 616. The Kier molecular flexibility index (Phi) is 5.03. The first-order chi connectivity index (χ1) is 10.4. The summed E-state index contributed by atoms with van der Waals surface area (Å²) in [6.07, 6.45) is 1.81. The Morgan fingerprint density at radius 1 is 1.64 bits per heavy atom. The van der Waals surface area contributed by atoms with Crippen LogP contribution in [0.25, 0.3) is 0 Å². The highest BCUT2D eigenvalue weighted by Crippen LogP contribution is 2.33. The average Bonchev–Trinajstić information content (AvgIpc) is 2.38. The third-order valence-corrected chi connectivity index (χ3v) is 4.19. The summed E-state index contributed by atoms with van der Waals surface area (Å²) >= 11 is 5.83. The van der Waals surface area contributed by atoms with Crippen LogP contribution in [0.1, 0.15) is 31.7 Å². The topological polar surface area (TPSA) is 98.0 Å². The first-order valence-electron chi connectivity index (χ1n) is 6.94. The van der Waals surface area contributed by atoms with Crippen LogP contribution < -0.4 is 10.6 Å². The third-order valence-electron chi connectivity index (χ3n) is 3.90. The van der Waals surface area contributed by atoms with Crippen molar-refractivity contribution >= 4 is 23.5 Å². The van der Waals surface area contributed by atoms with Gasteiger partial charge in [0, 0.05) is 6.04 Å². The van der Waals surface area contributed by atoms with Gasteiger partial charge in [-0.15, -0.1) is 0 Å². The van der Waals surface area contributed by atoms with Gasteiger partial charge in [0.1, 0.15) is 11.2 Å². The van der Waals surface area contributed by atoms with Crippen LogP contribution in [0.2, 0.25) is 5.15 Å². The minimum Gasteiger partial charge on any atom is -0.465 e. The van der Waals surface area contributed by atoms with Crippen LogP contribution in [0.4, 0.5) is 15.0 Å². The van der Waals surface area contributed by atoms with Crippen LogP contribution in [0.15, 0.2) is 6.07 Å². The molecule has 1 aliphatic carbocycles. The zero-order valence-corrected chi connectivity index (χ0v) is 12.7. The molecule has 0 aromatic carbocycles. The number of pyridine rings is 1. The first-order valence-corrected chi connectivity index (χ1v) is 7.32. The molecule has 0 saturated heterocycles. The molecule has 3 N–H and O–H groups in total. The maximum atomic E-state index is 14.0. The van der Waals surface area contributed by atoms with E-state index in [1.807, 2.05) is 0 Å². The summed E-state index contributed by atoms with van der Waals surface area (Å²) in [5.41, 5.74) is -0.0402. The number of amides is 1. The number of carboxylic acid groups (broad SMARTS) is 1. The van der Waals surface area contributed by atoms with Gasteiger partial charge in [-0.25, -0.2) is 14.2 Å². The smallest absolute Gasteiger partial charge is 0.404 e. The van der Waals surface area contributed by atoms with Gasteiger partial charge < -0.3 is 15.7 Å². The Morgan fingerprint density at radius 2 is 2.32 bits per heavy atom. The van der Waals surface area contributed by atoms with Gasteiger partial charge in [-0.2, -0.15) is 5.26 Å². The summed E-state index contributed by atoms with van der Waals surface area (Å²) in [5.74, 6) is -0.523. The number of nitriles is 1. The van der Waals surface area contributed by atoms with Crippen molar-refractivity contribution < 1.29 is 14.3 Å². The number of halogens is 2. The Balaban J connectivity index is 2.22. The standard InChI is InChI=1S/C14H16ClFN4O2/c1-7(18-14(21)22)11(8-3-2-4-8)19-13-10(16)5-9(6-17)12(15)20-13/h5,7-8,11,18H,2-4H2,1H3,(H,19,20)(H,21,22)/t7-,11+/m0/s1. The minimum atomic E-state index is -1.13. The molecule has 1 fully saturated rings. The van der Waals surface area contributed by atoms with Crippen molar-refractivity contribution in [3.8, 4) is 6.07 Å². The zero-order valence-electron chi connectivity index (χ0n) is 11.9. The fourth-order valence-corrected chi connectivity index (χ4v) is 2.72. The second-order valence-electron chi connectivity index (χ2n) is 5.37. The maximum absolute atomic E-state index is 14.0. The first kappa shape index (κ1) is 16.3. The van der Waals surface area contributed by atoms with E-state index in [-0.39, 0.29) is 28.5 Å². The monoisotopic (exact) mass is 326 g/mol. The molecule has 0 radical (unpaired) electrons. The molecule has 1 aromatic heterocycles. The molecule has 1 aromatic rings. The van der Waals surface area contributed by atoms with Crippen molar-refractivity contribution in [3.63, 3.8) is 0 Å². The summed E-state index contributed by atoms with van der Waals surface area (Å²) in [4.78, 5) is 14.7. The highest BCUT2D eigenvalue weighted by Gasteiger charge is 2.33. The van der Waals surface area contributed by atoms with E-state index in [4.69, 9.17) is 22.0 Å². The largest absolute Gasteiger partial charge is 0.465 e. The van der Waals surface area contributed by atoms with Gasteiger partial charge in [0.15, 0.2) is 11.6 Å². The number of nitrogens with zero attached hydrogens (tertiary/aromatic N) is 2. The minimum absolute atomic E-state index is 0.0402. The van der Waals surface area contributed by atoms with Gasteiger partial charge in [0.05, 0.1) is 11.6 Å². The van der Waals surface area contributed by atoms with Gasteiger partial charge in [-0.05, 0) is 31.7 Å². The SMILES string of the molecule is C[C@H](NC(=O)O)[C@@H](Nc1nc(Cl)c(C#N)cc1F)C1CCC1. The summed E-state index contributed by atoms with van der Waals surface area (Å²) in [5, 5.41) is 22.9. The van der Waals surface area contributed by atoms with Crippen LogP contribution in [-0.2, 0) is 0 Å². The lowest BCUT2D eigenvalue weighted by Gasteiger charge is -2.38. The fraction of sp³-hybridized carbons (Fsp3) is 0.500. The predicted molar refractivity (Wildman–Crippen MR) is 79.3 cm³/mol. The second-order valence-corrected chi connectivity index (χ2v) is 5.73. The van der Waals surface area contributed by atoms with Crippen LogP contribution in [-0.4, -0.2) is 28.3 Å². The normalized spacial score (nSPS) is 17.0. The molecule has 1 amide bonds. The molecular formula is C14H16ClFN4O2. The van der Waals surface area contributed by atoms with Crippen molar-refractivity contribution in [1.82, 2.24) is 10.3 Å². The number of carbonyl (C=O) groups is 1. The molecule has 0 unspecified atom stereocenters. The molecule has 0 aliphatic heterocycles. The highest BCUT2D eigenvalue weighted by molar-refractivity contribution is 6.30. The molecule has 1 saturated carbocycles. The number of aromatic nitrogens is 1. The van der Waals surface area contributed by atoms with E-state index >= 15 is 0 Å². The number of rotatable bonds is 5. The van der Waals surface area contributed by atoms with Crippen molar-refractivity contribution in [1.29, 1.82) is 5.26 Å². The van der Waals surface area contributed by atoms with Crippen molar-refractivity contribution in [3.05, 3.63) is 22.6 Å². The van der Waals surface area contributed by atoms with Crippen LogP contribution in [0.3, 0.4) is 0 Å². The van der Waals surface area contributed by atoms with E-state index in [0.717, 1.165) is 25.3 Å². The van der Waals surface area contributed by atoms with Crippen molar-refractivity contribution in [2.75, 3.05) is 5.32 Å². The molecule has 0 bridgehead atoms. The maximum Gasteiger partial charge on any atom is 0.404 e. The van der Waals surface area contributed by atoms with Crippen LogP contribution >= 0.6 is 11.6 Å². The molecule has 1 heterocycles. The molecule has 118 valence electrons. The van der Waals surface area contributed by atoms with Gasteiger partial charge >= 0.3 is 6.09 Å². The Hall–Kier alpha value is -2.07. The van der Waals surface area contributed by atoms with Gasteiger partial charge in [-0.3, -0.25) is 0 Å². The fourth-order valence-electron chi connectivity index (χ4n) is 2.54. The molecule has 2 rings (SSSR count). The summed E-state index contributed by atoms with van der Waals surface area (Å²) in [7, 11) is 0. The van der Waals surface area contributed by atoms with E-state index < -0.39 is 18.0 Å². The average molecular weight is 327 g/mol. The molecule has 22 heavy (non-hydrogen) atoms. The van der Waals surface area contributed by atoms with Crippen molar-refractivity contribution in [2.24, 2.45) is 5.92 Å². The van der Waals surface area contributed by atoms with E-state index in [9.17, 15) is 9.18 Å². The molecular weight excluding hydrogens is 311 g/mol. The lowest BCUT2D eigenvalue weighted by molar-refractivity contribution is 0.180. The Morgan fingerprint density at radius 3 is 2.82 bits per heavy atom. The van der Waals surface area contributed by atoms with Crippen LogP contribution in [0, 0.1) is 23.1 Å². The van der Waals surface area contributed by atoms with E-state index in [2.05, 4.69) is 15.6 Å². The van der Waals surface area contributed by atoms with E-state index in [1.165, 1.54) is 0 Å². The molecule has 0 spiro atoms. The summed E-state index contributed by atoms with van der Waals surface area (Å²) < 4.78 is 14.0. The lowest BCUT2D eigenvalue weighted by Crippen LogP contribution is -2.50. The van der Waals surface area contributed by atoms with Gasteiger partial charge in [0.2, 0.25) is 0 Å². The number of hydrogen-bond donors (Lipinski definition) is 3. The van der Waals surface area contributed by atoms with Crippen molar-refractivity contribution in [2.45, 2.75) is 38.3 Å². The quantitative estimate of drug-likeness (QED) is 0.722. The summed E-state index contributed by atoms with van der Waals surface area (Å²) in [6, 6.07) is 2.06. The number of anilines is 1. The molecule has 8 heteroatoms. The van der Waals surface area contributed by atoms with E-state index in [1.54, 1.807) is 13.0 Å². The summed E-state index contributed by atoms with van der Waals surface area (Å²) in [6.45, 7) is 1.72. The van der Waals surface area contributed by atoms with Gasteiger partial charge in [-0.1, -0.05) is 18.0 Å². The van der Waals surface area contributed by atoms with E-state index in [0.29, 0.717) is 0 Å². The molecule has 2 atom stereocenters. The van der Waals surface area contributed by atoms with Gasteiger partial charge in [0.25, 0.3) is 0 Å². The second kappa shape index (κ2) is 6.79. The predicted octanol–water partition coefficient (Wildman–Crippen LogP) is 2.98. The molecule has 1 aliphatic rings. The zero-order chi connectivity index (χ0) is 16.3. The number of hydrogen-bond acceptors (Lipinski definition) is 4. The highest BCUT2D eigenvalue weighted by atomic mass is 35.5.